The maximum atomic E-state index is 12.0. The number of rotatable bonds is 37. The van der Waals surface area contributed by atoms with Gasteiger partial charge in [0.25, 0.3) is 0 Å². The molecule has 0 aromatic rings. The summed E-state index contributed by atoms with van der Waals surface area (Å²) in [6, 6.07) is 0. The van der Waals surface area contributed by atoms with E-state index in [4.69, 9.17) is 24.1 Å². The van der Waals surface area contributed by atoms with E-state index < -0.39 is 5.97 Å². The molecule has 4 N–H and O–H groups in total. The zero-order valence-electron chi connectivity index (χ0n) is 29.6. The molecule has 0 aliphatic heterocycles. The van der Waals surface area contributed by atoms with Gasteiger partial charge in [-0.15, -0.1) is 0 Å². The SMILES string of the molecule is CC(=O)COCCOCCNC(=O)COCCOCCNC(=O)CCCNC(=O)CCCCCCCCCCCCCCCCC(=O)O. The van der Waals surface area contributed by atoms with Crippen LogP contribution in [-0.4, -0.2) is 107 Å². The van der Waals surface area contributed by atoms with Gasteiger partial charge in [0.15, 0.2) is 5.78 Å². The summed E-state index contributed by atoms with van der Waals surface area (Å²) < 4.78 is 21.0. The molecule has 0 saturated carbocycles. The number of hydrogen-bond acceptors (Lipinski definition) is 9. The summed E-state index contributed by atoms with van der Waals surface area (Å²) in [5.74, 6) is -1.03. The number of unbranched alkanes of at least 4 members (excludes halogenated alkanes) is 13. The van der Waals surface area contributed by atoms with Crippen molar-refractivity contribution in [2.24, 2.45) is 0 Å². The molecular weight excluding hydrogens is 622 g/mol. The van der Waals surface area contributed by atoms with Crippen molar-refractivity contribution in [2.45, 2.75) is 122 Å². The number of carbonyl (C=O) groups excluding carboxylic acids is 4. The van der Waals surface area contributed by atoms with Gasteiger partial charge >= 0.3 is 5.97 Å². The molecule has 0 atom stereocenters. The molecule has 0 rings (SSSR count). The molecule has 0 aliphatic carbocycles. The van der Waals surface area contributed by atoms with E-state index in [0.29, 0.717) is 78.4 Å². The molecule has 0 aromatic heterocycles. The number of carboxylic acids is 1. The summed E-state index contributed by atoms with van der Waals surface area (Å²) in [7, 11) is 0. The molecular formula is C35H65N3O10. The van der Waals surface area contributed by atoms with Crippen molar-refractivity contribution >= 4 is 29.5 Å². The minimum atomic E-state index is -0.693. The highest BCUT2D eigenvalue weighted by molar-refractivity contribution is 5.77. The van der Waals surface area contributed by atoms with Crippen molar-refractivity contribution in [3.05, 3.63) is 0 Å². The predicted octanol–water partition coefficient (Wildman–Crippen LogP) is 4.10. The minimum absolute atomic E-state index is 0.0383. The molecule has 0 fully saturated rings. The van der Waals surface area contributed by atoms with E-state index in [-0.39, 0.29) is 43.3 Å². The Hall–Kier alpha value is -2.61. The van der Waals surface area contributed by atoms with E-state index in [1.807, 2.05) is 0 Å². The van der Waals surface area contributed by atoms with Gasteiger partial charge in [-0.1, -0.05) is 77.0 Å². The molecule has 0 saturated heterocycles. The van der Waals surface area contributed by atoms with Gasteiger partial charge in [-0.25, -0.2) is 0 Å². The molecule has 0 bridgehead atoms. The highest BCUT2D eigenvalue weighted by Gasteiger charge is 2.05. The number of carbonyl (C=O) groups is 5. The zero-order valence-corrected chi connectivity index (χ0v) is 29.6. The van der Waals surface area contributed by atoms with Crippen molar-refractivity contribution < 1.29 is 48.0 Å². The highest BCUT2D eigenvalue weighted by atomic mass is 16.5. The van der Waals surface area contributed by atoms with Gasteiger partial charge in [-0.2, -0.15) is 0 Å². The van der Waals surface area contributed by atoms with Crippen molar-refractivity contribution in [3.63, 3.8) is 0 Å². The average Bonchev–Trinajstić information content (AvgIpc) is 3.05. The molecule has 0 aliphatic rings. The van der Waals surface area contributed by atoms with Crippen molar-refractivity contribution in [1.29, 1.82) is 0 Å². The quantitative estimate of drug-likeness (QED) is 0.0695. The second kappa shape index (κ2) is 35.7. The summed E-state index contributed by atoms with van der Waals surface area (Å²) in [5.41, 5.74) is 0. The van der Waals surface area contributed by atoms with Gasteiger partial charge in [-0.05, 0) is 26.2 Å². The van der Waals surface area contributed by atoms with Crippen LogP contribution < -0.4 is 16.0 Å². The molecule has 0 aromatic carbocycles. The van der Waals surface area contributed by atoms with Crippen molar-refractivity contribution in [2.75, 3.05) is 72.5 Å². The first-order valence-corrected chi connectivity index (χ1v) is 18.1. The molecule has 13 nitrogen and oxygen atoms in total. The fraction of sp³-hybridized carbons (Fsp3) is 0.857. The van der Waals surface area contributed by atoms with Crippen LogP contribution in [-0.2, 0) is 42.9 Å². The Labute approximate surface area is 288 Å². The lowest BCUT2D eigenvalue weighted by molar-refractivity contribution is -0.137. The Kier molecular flexibility index (Phi) is 33.7. The van der Waals surface area contributed by atoms with Crippen LogP contribution in [0, 0.1) is 0 Å². The van der Waals surface area contributed by atoms with Crippen LogP contribution in [0.2, 0.25) is 0 Å². The maximum Gasteiger partial charge on any atom is 0.303 e. The van der Waals surface area contributed by atoms with E-state index >= 15 is 0 Å². The highest BCUT2D eigenvalue weighted by Crippen LogP contribution is 2.13. The third-order valence-electron chi connectivity index (χ3n) is 7.37. The van der Waals surface area contributed by atoms with Gasteiger partial charge in [0.2, 0.25) is 17.7 Å². The van der Waals surface area contributed by atoms with Crippen molar-refractivity contribution in [1.82, 2.24) is 16.0 Å². The van der Waals surface area contributed by atoms with E-state index in [1.165, 1.54) is 58.3 Å². The largest absolute Gasteiger partial charge is 0.481 e. The predicted molar refractivity (Wildman–Crippen MR) is 184 cm³/mol. The molecule has 0 radical (unpaired) electrons. The number of carboxylic acid groups (broad SMARTS) is 1. The number of ether oxygens (including phenoxy) is 4. The zero-order chi connectivity index (χ0) is 35.3. The Morgan fingerprint density at radius 3 is 1.27 bits per heavy atom. The molecule has 280 valence electrons. The third kappa shape index (κ3) is 37.8. The topological polar surface area (TPSA) is 179 Å². The number of amides is 3. The van der Waals surface area contributed by atoms with Crippen molar-refractivity contribution in [3.8, 4) is 0 Å². The summed E-state index contributed by atoms with van der Waals surface area (Å²) in [4.78, 5) is 56.9. The molecule has 0 heterocycles. The smallest absolute Gasteiger partial charge is 0.303 e. The lowest BCUT2D eigenvalue weighted by Gasteiger charge is -2.09. The monoisotopic (exact) mass is 687 g/mol. The first kappa shape index (κ1) is 45.4. The Morgan fingerprint density at radius 1 is 0.417 bits per heavy atom. The third-order valence-corrected chi connectivity index (χ3v) is 7.37. The number of aliphatic carboxylic acids is 1. The molecule has 48 heavy (non-hydrogen) atoms. The summed E-state index contributed by atoms with van der Waals surface area (Å²) in [6.45, 7) is 4.58. The van der Waals surface area contributed by atoms with E-state index in [0.717, 1.165) is 38.5 Å². The van der Waals surface area contributed by atoms with Crippen LogP contribution >= 0.6 is 0 Å². The average molecular weight is 688 g/mol. The van der Waals surface area contributed by atoms with Crippen LogP contribution in [0.5, 0.6) is 0 Å². The van der Waals surface area contributed by atoms with Crippen LogP contribution in [0.4, 0.5) is 0 Å². The summed E-state index contributed by atoms with van der Waals surface area (Å²) >= 11 is 0. The molecule has 0 unspecified atom stereocenters. The Bertz CT molecular complexity index is 828. The fourth-order valence-electron chi connectivity index (χ4n) is 4.73. The maximum absolute atomic E-state index is 12.0. The fourth-order valence-corrected chi connectivity index (χ4v) is 4.73. The molecule has 13 heteroatoms. The van der Waals surface area contributed by atoms with Gasteiger partial charge in [0.1, 0.15) is 13.2 Å². The molecule has 3 amide bonds. The summed E-state index contributed by atoms with van der Waals surface area (Å²) in [5, 5.41) is 17.0. The first-order chi connectivity index (χ1) is 23.3. The lowest BCUT2D eigenvalue weighted by Crippen LogP contribution is -2.31. The summed E-state index contributed by atoms with van der Waals surface area (Å²) in [6.07, 6.45) is 17.9. The number of Topliss-reactive ketones (excluding diaryl/α,β-unsaturated/α-hetero) is 1. The lowest BCUT2D eigenvalue weighted by atomic mass is 10.0. The Morgan fingerprint density at radius 2 is 0.792 bits per heavy atom. The van der Waals surface area contributed by atoms with Crippen LogP contribution in [0.3, 0.4) is 0 Å². The number of hydrogen-bond donors (Lipinski definition) is 4. The van der Waals surface area contributed by atoms with Crippen LogP contribution in [0.15, 0.2) is 0 Å². The second-order valence-corrected chi connectivity index (χ2v) is 12.0. The van der Waals surface area contributed by atoms with E-state index in [2.05, 4.69) is 16.0 Å². The standard InChI is InChI=1S/C35H65N3O10/c1-31(39)29-47-27-25-46-24-22-38-34(42)30-48-28-26-45-23-21-37-33(41)18-16-20-36-32(40)17-14-12-10-8-6-4-2-3-5-7-9-11-13-15-19-35(43)44/h2-30H2,1H3,(H,36,40)(H,37,41)(H,38,42)(H,43,44). The van der Waals surface area contributed by atoms with Crippen LogP contribution in [0.25, 0.3) is 0 Å². The van der Waals surface area contributed by atoms with Crippen LogP contribution in [0.1, 0.15) is 122 Å². The molecule has 0 spiro atoms. The second-order valence-electron chi connectivity index (χ2n) is 12.0. The van der Waals surface area contributed by atoms with Gasteiger partial charge in [0, 0.05) is 38.9 Å². The van der Waals surface area contributed by atoms with Gasteiger partial charge < -0.3 is 40.0 Å². The normalized spacial score (nSPS) is 10.9. The van der Waals surface area contributed by atoms with E-state index in [9.17, 15) is 24.0 Å². The Balaban J connectivity index is 3.34. The number of ketones is 1. The van der Waals surface area contributed by atoms with E-state index in [1.54, 1.807) is 0 Å². The van der Waals surface area contributed by atoms with Gasteiger partial charge in [0.05, 0.1) is 39.6 Å². The number of nitrogens with one attached hydrogen (secondary N) is 3. The first-order valence-electron chi connectivity index (χ1n) is 18.1. The minimum Gasteiger partial charge on any atom is -0.481 e. The van der Waals surface area contributed by atoms with Gasteiger partial charge in [-0.3, -0.25) is 24.0 Å².